The van der Waals surface area contributed by atoms with Crippen LogP contribution >= 0.6 is 0 Å². The first kappa shape index (κ1) is 13.8. The maximum atomic E-state index is 11.8. The van der Waals surface area contributed by atoms with Crippen molar-refractivity contribution in [2.45, 2.75) is 0 Å². The van der Waals surface area contributed by atoms with Gasteiger partial charge in [-0.2, -0.15) is 0 Å². The van der Waals surface area contributed by atoms with Gasteiger partial charge in [0.25, 0.3) is 5.91 Å². The number of pyridine rings is 1. The Hall–Kier alpha value is -3.15. The maximum absolute atomic E-state index is 11.8. The normalized spacial score (nSPS) is 10.4. The van der Waals surface area contributed by atoms with Crippen molar-refractivity contribution in [1.82, 2.24) is 10.3 Å². The molecule has 0 aliphatic rings. The van der Waals surface area contributed by atoms with E-state index in [4.69, 9.17) is 4.42 Å². The van der Waals surface area contributed by atoms with E-state index in [0.717, 1.165) is 10.9 Å². The number of anilines is 1. The Balaban J connectivity index is 1.59. The third-order valence-corrected chi connectivity index (χ3v) is 3.02. The Morgan fingerprint density at radius 1 is 1.05 bits per heavy atom. The van der Waals surface area contributed by atoms with E-state index in [1.165, 1.54) is 12.3 Å². The molecule has 22 heavy (non-hydrogen) atoms. The second kappa shape index (κ2) is 6.09. The van der Waals surface area contributed by atoms with Crippen LogP contribution in [0.5, 0.6) is 0 Å². The second-order valence-electron chi connectivity index (χ2n) is 4.60. The van der Waals surface area contributed by atoms with Crippen molar-refractivity contribution in [2.75, 3.05) is 11.9 Å². The summed E-state index contributed by atoms with van der Waals surface area (Å²) in [6, 6.07) is 14.3. The number of carbonyl (C=O) groups excluding carboxylic acids is 2. The van der Waals surface area contributed by atoms with Gasteiger partial charge < -0.3 is 15.1 Å². The molecule has 3 aromatic rings. The minimum atomic E-state index is -0.438. The number of rotatable bonds is 4. The van der Waals surface area contributed by atoms with Crippen molar-refractivity contribution in [1.29, 1.82) is 0 Å². The number of para-hydroxylation sites is 1. The van der Waals surface area contributed by atoms with Crippen molar-refractivity contribution in [3.63, 3.8) is 0 Å². The van der Waals surface area contributed by atoms with Gasteiger partial charge in [-0.05, 0) is 30.3 Å². The Morgan fingerprint density at radius 2 is 1.91 bits per heavy atom. The monoisotopic (exact) mass is 295 g/mol. The number of hydrogen-bond acceptors (Lipinski definition) is 4. The number of hydrogen-bond donors (Lipinski definition) is 2. The summed E-state index contributed by atoms with van der Waals surface area (Å²) in [6.07, 6.45) is 1.40. The van der Waals surface area contributed by atoms with Crippen molar-refractivity contribution < 1.29 is 14.0 Å². The maximum Gasteiger partial charge on any atom is 0.287 e. The number of fused-ring (bicyclic) bond motifs is 1. The van der Waals surface area contributed by atoms with Gasteiger partial charge in [0.2, 0.25) is 5.91 Å². The molecule has 0 aliphatic heterocycles. The molecule has 3 rings (SSSR count). The van der Waals surface area contributed by atoms with E-state index in [9.17, 15) is 9.59 Å². The number of carbonyl (C=O) groups is 2. The molecule has 2 amide bonds. The fourth-order valence-corrected chi connectivity index (χ4v) is 1.98. The minimum absolute atomic E-state index is 0.159. The molecule has 2 aromatic heterocycles. The summed E-state index contributed by atoms with van der Waals surface area (Å²) < 4.78 is 4.94. The van der Waals surface area contributed by atoms with Crippen molar-refractivity contribution >= 4 is 28.5 Å². The van der Waals surface area contributed by atoms with Crippen LogP contribution in [0.2, 0.25) is 0 Å². The van der Waals surface area contributed by atoms with Gasteiger partial charge in [0.1, 0.15) is 5.82 Å². The summed E-state index contributed by atoms with van der Waals surface area (Å²) in [5.74, 6) is -0.193. The average molecular weight is 295 g/mol. The number of nitrogens with one attached hydrogen (secondary N) is 2. The first-order valence-corrected chi connectivity index (χ1v) is 6.70. The van der Waals surface area contributed by atoms with Crippen molar-refractivity contribution in [3.05, 3.63) is 60.6 Å². The Labute approximate surface area is 126 Å². The predicted octanol–water partition coefficient (Wildman–Crippen LogP) is 2.20. The van der Waals surface area contributed by atoms with E-state index in [2.05, 4.69) is 15.6 Å². The minimum Gasteiger partial charge on any atom is -0.459 e. The Kier molecular flexibility index (Phi) is 3.82. The molecule has 0 fully saturated rings. The zero-order valence-electron chi connectivity index (χ0n) is 11.6. The van der Waals surface area contributed by atoms with Gasteiger partial charge in [0.05, 0.1) is 18.3 Å². The molecule has 6 heteroatoms. The topological polar surface area (TPSA) is 84.2 Å². The lowest BCUT2D eigenvalue weighted by Gasteiger charge is -2.06. The van der Waals surface area contributed by atoms with E-state index in [1.807, 2.05) is 30.3 Å². The molecule has 2 heterocycles. The Bertz CT molecular complexity index is 812. The highest BCUT2D eigenvalue weighted by Crippen LogP contribution is 2.14. The summed E-state index contributed by atoms with van der Waals surface area (Å²) >= 11 is 0. The first-order valence-electron chi connectivity index (χ1n) is 6.70. The van der Waals surface area contributed by atoms with Crippen LogP contribution in [0.15, 0.2) is 59.2 Å². The molecular formula is C16H13N3O3. The molecule has 0 atom stereocenters. The fraction of sp³-hybridized carbons (Fsp3) is 0.0625. The third kappa shape index (κ3) is 3.12. The highest BCUT2D eigenvalue weighted by atomic mass is 16.3. The highest BCUT2D eigenvalue weighted by Gasteiger charge is 2.10. The van der Waals surface area contributed by atoms with Gasteiger partial charge in [0, 0.05) is 5.39 Å². The van der Waals surface area contributed by atoms with Crippen LogP contribution in [0.1, 0.15) is 10.6 Å². The Morgan fingerprint density at radius 3 is 2.73 bits per heavy atom. The summed E-state index contributed by atoms with van der Waals surface area (Å²) in [5.41, 5.74) is 0.792. The molecule has 2 N–H and O–H groups in total. The highest BCUT2D eigenvalue weighted by molar-refractivity contribution is 5.98. The number of aromatic nitrogens is 1. The number of benzene rings is 1. The molecule has 6 nitrogen and oxygen atoms in total. The number of amides is 2. The van der Waals surface area contributed by atoms with E-state index >= 15 is 0 Å². The number of furan rings is 1. The largest absolute Gasteiger partial charge is 0.459 e. The molecule has 0 unspecified atom stereocenters. The summed E-state index contributed by atoms with van der Waals surface area (Å²) in [5, 5.41) is 6.10. The van der Waals surface area contributed by atoms with Gasteiger partial charge in [-0.25, -0.2) is 4.98 Å². The molecule has 0 saturated heterocycles. The second-order valence-corrected chi connectivity index (χ2v) is 4.60. The fourth-order valence-electron chi connectivity index (χ4n) is 1.98. The quantitative estimate of drug-likeness (QED) is 0.772. The standard InChI is InChI=1S/C16H13N3O3/c20-15(10-17-16(21)13-6-3-9-22-13)19-14-8-7-11-4-1-2-5-12(11)18-14/h1-9H,10H2,(H,17,21)(H,18,19,20). The smallest absolute Gasteiger partial charge is 0.287 e. The molecule has 0 saturated carbocycles. The van der Waals surface area contributed by atoms with Gasteiger partial charge in [0.15, 0.2) is 5.76 Å². The summed E-state index contributed by atoms with van der Waals surface area (Å²) in [7, 11) is 0. The molecule has 0 bridgehead atoms. The predicted molar refractivity (Wildman–Crippen MR) is 81.4 cm³/mol. The molecule has 0 radical (unpaired) electrons. The van der Waals surface area contributed by atoms with E-state index in [-0.39, 0.29) is 18.2 Å². The molecule has 0 aliphatic carbocycles. The first-order chi connectivity index (χ1) is 10.7. The van der Waals surface area contributed by atoms with E-state index in [1.54, 1.807) is 12.1 Å². The van der Waals surface area contributed by atoms with Gasteiger partial charge >= 0.3 is 0 Å². The van der Waals surface area contributed by atoms with Crippen LogP contribution in [0, 0.1) is 0 Å². The van der Waals surface area contributed by atoms with Crippen LogP contribution in [-0.2, 0) is 4.79 Å². The lowest BCUT2D eigenvalue weighted by atomic mass is 10.2. The SMILES string of the molecule is O=C(CNC(=O)c1ccco1)Nc1ccc2ccccc2n1. The van der Waals surface area contributed by atoms with E-state index in [0.29, 0.717) is 5.82 Å². The van der Waals surface area contributed by atoms with Crippen LogP contribution in [0.3, 0.4) is 0 Å². The third-order valence-electron chi connectivity index (χ3n) is 3.02. The number of nitrogens with zero attached hydrogens (tertiary/aromatic N) is 1. The molecule has 0 spiro atoms. The van der Waals surface area contributed by atoms with Gasteiger partial charge in [-0.1, -0.05) is 18.2 Å². The lowest BCUT2D eigenvalue weighted by molar-refractivity contribution is -0.115. The molecule has 110 valence electrons. The van der Waals surface area contributed by atoms with Crippen LogP contribution in [-0.4, -0.2) is 23.3 Å². The molecular weight excluding hydrogens is 282 g/mol. The average Bonchev–Trinajstić information content (AvgIpc) is 3.07. The zero-order chi connectivity index (χ0) is 15.4. The molecule has 1 aromatic carbocycles. The van der Waals surface area contributed by atoms with E-state index < -0.39 is 5.91 Å². The lowest BCUT2D eigenvalue weighted by Crippen LogP contribution is -2.32. The van der Waals surface area contributed by atoms with Crippen LogP contribution in [0.25, 0.3) is 10.9 Å². The van der Waals surface area contributed by atoms with Gasteiger partial charge in [-0.3, -0.25) is 9.59 Å². The summed E-state index contributed by atoms with van der Waals surface area (Å²) in [4.78, 5) is 27.8. The van der Waals surface area contributed by atoms with Crippen LogP contribution in [0.4, 0.5) is 5.82 Å². The van der Waals surface area contributed by atoms with Crippen molar-refractivity contribution in [2.24, 2.45) is 0 Å². The zero-order valence-corrected chi connectivity index (χ0v) is 11.6. The van der Waals surface area contributed by atoms with Crippen molar-refractivity contribution in [3.8, 4) is 0 Å². The van der Waals surface area contributed by atoms with Gasteiger partial charge in [-0.15, -0.1) is 0 Å². The van der Waals surface area contributed by atoms with Crippen LogP contribution < -0.4 is 10.6 Å². The summed E-state index contributed by atoms with van der Waals surface area (Å²) in [6.45, 7) is -0.159.